The second-order valence-electron chi connectivity index (χ2n) is 2.88. The quantitative estimate of drug-likeness (QED) is 0.730. The van der Waals surface area contributed by atoms with E-state index in [0.29, 0.717) is 12.4 Å². The lowest BCUT2D eigenvalue weighted by Crippen LogP contribution is -2.05. The highest BCUT2D eigenvalue weighted by atomic mass is 15.1. The summed E-state index contributed by atoms with van der Waals surface area (Å²) in [7, 11) is 0. The Balaban J connectivity index is 2.31. The molecule has 2 heterocycles. The Morgan fingerprint density at radius 1 is 1.29 bits per heavy atom. The van der Waals surface area contributed by atoms with Crippen LogP contribution < -0.4 is 5.73 Å². The molecule has 0 spiro atoms. The van der Waals surface area contributed by atoms with Crippen LogP contribution in [0.25, 0.3) is 11.5 Å². The molecule has 0 radical (unpaired) electrons. The lowest BCUT2D eigenvalue weighted by Gasteiger charge is -1.99. The average molecular weight is 189 g/mol. The first-order valence-electron chi connectivity index (χ1n) is 4.42. The first-order valence-corrected chi connectivity index (χ1v) is 4.42. The van der Waals surface area contributed by atoms with Crippen molar-refractivity contribution < 1.29 is 0 Å². The van der Waals surface area contributed by atoms with Crippen molar-refractivity contribution in [2.45, 2.75) is 6.42 Å². The number of hydrogen-bond acceptors (Lipinski definition) is 4. The van der Waals surface area contributed by atoms with Gasteiger partial charge in [-0.15, -0.1) is 0 Å². The molecule has 0 atom stereocenters. The number of nitrogens with zero attached hydrogens (tertiary/aromatic N) is 3. The minimum absolute atomic E-state index is 0.597. The molecule has 0 amide bonds. The van der Waals surface area contributed by atoms with Crippen LogP contribution in [0, 0.1) is 0 Å². The molecule has 2 aromatic heterocycles. The van der Waals surface area contributed by atoms with Gasteiger partial charge in [0.25, 0.3) is 0 Å². The van der Waals surface area contributed by atoms with Crippen LogP contribution in [0.4, 0.5) is 0 Å². The van der Waals surface area contributed by atoms with Crippen molar-refractivity contribution in [3.8, 4) is 11.5 Å². The Hall–Kier alpha value is -1.75. The molecule has 0 aliphatic rings. The lowest BCUT2D eigenvalue weighted by molar-refractivity contribution is 0.909. The Kier molecular flexibility index (Phi) is 2.51. The van der Waals surface area contributed by atoms with Crippen LogP contribution in [0.3, 0.4) is 0 Å². The van der Waals surface area contributed by atoms with Crippen LogP contribution in [0.2, 0.25) is 0 Å². The Morgan fingerprint density at radius 3 is 2.93 bits per heavy atom. The van der Waals surface area contributed by atoms with Gasteiger partial charge in [-0.2, -0.15) is 5.10 Å². The average Bonchev–Trinajstić information content (AvgIpc) is 2.71. The van der Waals surface area contributed by atoms with E-state index < -0.39 is 0 Å². The van der Waals surface area contributed by atoms with Crippen molar-refractivity contribution >= 4 is 0 Å². The van der Waals surface area contributed by atoms with Crippen molar-refractivity contribution in [1.82, 2.24) is 20.2 Å². The van der Waals surface area contributed by atoms with Crippen LogP contribution in [0.5, 0.6) is 0 Å². The maximum Gasteiger partial charge on any atom is 0.177 e. The zero-order chi connectivity index (χ0) is 9.80. The van der Waals surface area contributed by atoms with E-state index in [4.69, 9.17) is 5.73 Å². The van der Waals surface area contributed by atoms with E-state index in [-0.39, 0.29) is 0 Å². The zero-order valence-corrected chi connectivity index (χ0v) is 7.64. The molecule has 0 aliphatic carbocycles. The van der Waals surface area contributed by atoms with E-state index >= 15 is 0 Å². The molecule has 5 nitrogen and oxygen atoms in total. The van der Waals surface area contributed by atoms with Crippen LogP contribution in [0.15, 0.2) is 24.5 Å². The summed E-state index contributed by atoms with van der Waals surface area (Å²) < 4.78 is 0. The summed E-state index contributed by atoms with van der Waals surface area (Å²) in [6, 6.07) is 3.70. The zero-order valence-electron chi connectivity index (χ0n) is 7.64. The van der Waals surface area contributed by atoms with Gasteiger partial charge in [-0.05, 0) is 18.7 Å². The lowest BCUT2D eigenvalue weighted by atomic mass is 10.3. The van der Waals surface area contributed by atoms with Gasteiger partial charge in [0, 0.05) is 24.5 Å². The molecule has 72 valence electrons. The summed E-state index contributed by atoms with van der Waals surface area (Å²) in [6.45, 7) is 0.597. The molecule has 2 aromatic rings. The van der Waals surface area contributed by atoms with E-state index in [2.05, 4.69) is 20.2 Å². The number of aromatic amines is 1. The number of aromatic nitrogens is 4. The topological polar surface area (TPSA) is 80.5 Å². The maximum atomic E-state index is 5.45. The second kappa shape index (κ2) is 3.97. The van der Waals surface area contributed by atoms with Crippen molar-refractivity contribution in [2.75, 3.05) is 6.54 Å². The molecule has 0 unspecified atom stereocenters. The van der Waals surface area contributed by atoms with Crippen molar-refractivity contribution in [3.63, 3.8) is 0 Å². The van der Waals surface area contributed by atoms with Gasteiger partial charge < -0.3 is 5.73 Å². The van der Waals surface area contributed by atoms with E-state index in [9.17, 15) is 0 Å². The summed E-state index contributed by atoms with van der Waals surface area (Å²) in [6.07, 6.45) is 4.17. The molecular weight excluding hydrogens is 178 g/mol. The molecule has 0 aliphatic heterocycles. The minimum Gasteiger partial charge on any atom is -0.330 e. The van der Waals surface area contributed by atoms with Gasteiger partial charge in [0.05, 0.1) is 0 Å². The molecule has 0 bridgehead atoms. The van der Waals surface area contributed by atoms with Gasteiger partial charge in [-0.25, -0.2) is 9.97 Å². The maximum absolute atomic E-state index is 5.45. The summed E-state index contributed by atoms with van der Waals surface area (Å²) in [5.74, 6) is 0.661. The van der Waals surface area contributed by atoms with Crippen LogP contribution >= 0.6 is 0 Å². The SMILES string of the molecule is NCCc1ccnc(-c2ccn[nH]2)n1. The van der Waals surface area contributed by atoms with Crippen LogP contribution in [-0.2, 0) is 6.42 Å². The van der Waals surface area contributed by atoms with Gasteiger partial charge >= 0.3 is 0 Å². The first kappa shape index (κ1) is 8.83. The van der Waals surface area contributed by atoms with Gasteiger partial charge in [-0.3, -0.25) is 5.10 Å². The number of hydrogen-bond donors (Lipinski definition) is 2. The predicted molar refractivity (Wildman–Crippen MR) is 52.4 cm³/mol. The van der Waals surface area contributed by atoms with Gasteiger partial charge in [-0.1, -0.05) is 0 Å². The minimum atomic E-state index is 0.597. The van der Waals surface area contributed by atoms with Gasteiger partial charge in [0.15, 0.2) is 5.82 Å². The summed E-state index contributed by atoms with van der Waals surface area (Å²) in [4.78, 5) is 8.48. The molecular formula is C9H11N5. The monoisotopic (exact) mass is 189 g/mol. The third kappa shape index (κ3) is 1.77. The second-order valence-corrected chi connectivity index (χ2v) is 2.88. The molecule has 3 N–H and O–H groups in total. The fourth-order valence-corrected chi connectivity index (χ4v) is 1.19. The summed E-state index contributed by atoms with van der Waals surface area (Å²) in [5.41, 5.74) is 7.22. The molecule has 0 saturated carbocycles. The van der Waals surface area contributed by atoms with Crippen LogP contribution in [0.1, 0.15) is 5.69 Å². The largest absolute Gasteiger partial charge is 0.330 e. The summed E-state index contributed by atoms with van der Waals surface area (Å²) >= 11 is 0. The highest BCUT2D eigenvalue weighted by Gasteiger charge is 2.02. The highest BCUT2D eigenvalue weighted by Crippen LogP contribution is 2.09. The van der Waals surface area contributed by atoms with Crippen molar-refractivity contribution in [3.05, 3.63) is 30.2 Å². The molecule has 0 saturated heterocycles. The van der Waals surface area contributed by atoms with Crippen LogP contribution in [-0.4, -0.2) is 26.7 Å². The third-order valence-electron chi connectivity index (χ3n) is 1.86. The fraction of sp³-hybridized carbons (Fsp3) is 0.222. The normalized spacial score (nSPS) is 10.4. The van der Waals surface area contributed by atoms with E-state index in [1.807, 2.05) is 12.1 Å². The number of rotatable bonds is 3. The van der Waals surface area contributed by atoms with Crippen molar-refractivity contribution in [2.24, 2.45) is 5.73 Å². The molecule has 14 heavy (non-hydrogen) atoms. The predicted octanol–water partition coefficient (Wildman–Crippen LogP) is 0.368. The third-order valence-corrected chi connectivity index (χ3v) is 1.86. The fourth-order valence-electron chi connectivity index (χ4n) is 1.19. The molecule has 0 aromatic carbocycles. The van der Waals surface area contributed by atoms with E-state index in [0.717, 1.165) is 17.8 Å². The van der Waals surface area contributed by atoms with Gasteiger partial charge in [0.1, 0.15) is 5.69 Å². The summed E-state index contributed by atoms with van der Waals surface area (Å²) in [5, 5.41) is 6.66. The number of H-pyrrole nitrogens is 1. The first-order chi connectivity index (χ1) is 6.90. The Labute approximate surface area is 81.4 Å². The molecule has 5 heteroatoms. The number of nitrogens with one attached hydrogen (secondary N) is 1. The highest BCUT2D eigenvalue weighted by molar-refractivity contribution is 5.47. The van der Waals surface area contributed by atoms with E-state index in [1.54, 1.807) is 12.4 Å². The van der Waals surface area contributed by atoms with E-state index in [1.165, 1.54) is 0 Å². The van der Waals surface area contributed by atoms with Crippen molar-refractivity contribution in [1.29, 1.82) is 0 Å². The number of nitrogens with two attached hydrogens (primary N) is 1. The Morgan fingerprint density at radius 2 is 2.21 bits per heavy atom. The molecule has 2 rings (SSSR count). The Bertz CT molecular complexity index is 395. The smallest absolute Gasteiger partial charge is 0.177 e. The van der Waals surface area contributed by atoms with Gasteiger partial charge in [0.2, 0.25) is 0 Å². The molecule has 0 fully saturated rings. The standard InChI is InChI=1S/C9H11N5/c10-4-1-7-2-5-11-9(13-7)8-3-6-12-14-8/h2-3,5-6H,1,4,10H2,(H,12,14).